The summed E-state index contributed by atoms with van der Waals surface area (Å²) in [5.74, 6) is -0.701. The van der Waals surface area contributed by atoms with E-state index in [0.29, 0.717) is 6.54 Å². The van der Waals surface area contributed by atoms with Gasteiger partial charge in [0.05, 0.1) is 12.0 Å². The molecule has 3 heterocycles. The molecule has 154 valence electrons. The number of nitrogen functional groups attached to an aromatic ring is 1. The number of anilines is 3. The van der Waals surface area contributed by atoms with Gasteiger partial charge in [-0.25, -0.2) is 4.98 Å². The highest BCUT2D eigenvalue weighted by atomic mass is 32.2. The van der Waals surface area contributed by atoms with Crippen molar-refractivity contribution in [3.05, 3.63) is 64.3 Å². The SMILES string of the molecule is Nc1nc(SCC(=O)N2CCCc3ccccc32)[nH]c(=O)c1NC(=O)c1ccco1. The summed E-state index contributed by atoms with van der Waals surface area (Å²) >= 11 is 1.08. The van der Waals surface area contributed by atoms with Crippen LogP contribution in [0.25, 0.3) is 0 Å². The van der Waals surface area contributed by atoms with Gasteiger partial charge in [-0.05, 0) is 36.6 Å². The fraction of sp³-hybridized carbons (Fsp3) is 0.200. The van der Waals surface area contributed by atoms with E-state index < -0.39 is 11.5 Å². The van der Waals surface area contributed by atoms with Gasteiger partial charge < -0.3 is 20.4 Å². The first-order valence-electron chi connectivity index (χ1n) is 9.28. The van der Waals surface area contributed by atoms with Crippen LogP contribution in [0.1, 0.15) is 22.5 Å². The molecule has 0 saturated carbocycles. The number of H-pyrrole nitrogens is 1. The standard InChI is InChI=1S/C20H19N5O4S/c21-17-16(22-18(27)14-8-4-10-29-14)19(28)24-20(23-17)30-11-15(26)25-9-3-6-12-5-1-2-7-13(12)25/h1-2,4-5,7-8,10H,3,6,9,11H2,(H,22,27)(H3,21,23,24,28). The van der Waals surface area contributed by atoms with Crippen molar-refractivity contribution in [2.75, 3.05) is 28.2 Å². The third kappa shape index (κ3) is 4.08. The lowest BCUT2D eigenvalue weighted by Gasteiger charge is -2.29. The van der Waals surface area contributed by atoms with Crippen molar-refractivity contribution in [2.24, 2.45) is 0 Å². The maximum Gasteiger partial charge on any atom is 0.291 e. The zero-order valence-corrected chi connectivity index (χ0v) is 16.7. The molecule has 0 radical (unpaired) electrons. The zero-order valence-electron chi connectivity index (χ0n) is 15.9. The molecule has 0 aliphatic carbocycles. The average Bonchev–Trinajstić information content (AvgIpc) is 3.29. The first-order chi connectivity index (χ1) is 14.5. The van der Waals surface area contributed by atoms with E-state index >= 15 is 0 Å². The van der Waals surface area contributed by atoms with E-state index in [4.69, 9.17) is 10.2 Å². The summed E-state index contributed by atoms with van der Waals surface area (Å²) in [6.45, 7) is 0.653. The molecular formula is C20H19N5O4S. The molecule has 4 N–H and O–H groups in total. The summed E-state index contributed by atoms with van der Waals surface area (Å²) in [6.07, 6.45) is 3.20. The average molecular weight is 425 g/mol. The molecule has 0 atom stereocenters. The first kappa shape index (κ1) is 19.8. The van der Waals surface area contributed by atoms with Crippen molar-refractivity contribution >= 4 is 40.8 Å². The normalized spacial score (nSPS) is 13.0. The molecule has 1 aromatic carbocycles. The number of hydrogen-bond donors (Lipinski definition) is 3. The van der Waals surface area contributed by atoms with Crippen LogP contribution in [0.5, 0.6) is 0 Å². The zero-order chi connectivity index (χ0) is 21.1. The Morgan fingerprint density at radius 1 is 1.27 bits per heavy atom. The summed E-state index contributed by atoms with van der Waals surface area (Å²) in [5, 5.41) is 2.59. The van der Waals surface area contributed by atoms with Crippen molar-refractivity contribution in [1.82, 2.24) is 9.97 Å². The molecule has 1 aliphatic rings. The van der Waals surface area contributed by atoms with Gasteiger partial charge in [0.1, 0.15) is 0 Å². The number of para-hydroxylation sites is 1. The van der Waals surface area contributed by atoms with E-state index in [1.807, 2.05) is 24.3 Å². The number of nitrogens with one attached hydrogen (secondary N) is 2. The number of aryl methyl sites for hydroxylation is 1. The maximum absolute atomic E-state index is 12.7. The monoisotopic (exact) mass is 425 g/mol. The van der Waals surface area contributed by atoms with Gasteiger partial charge in [-0.2, -0.15) is 0 Å². The minimum atomic E-state index is -0.613. The van der Waals surface area contributed by atoms with Crippen LogP contribution in [0.15, 0.2) is 57.0 Å². The Kier molecular flexibility index (Phi) is 5.57. The number of thioether (sulfide) groups is 1. The lowest BCUT2D eigenvalue weighted by atomic mass is 10.0. The number of aromatic nitrogens is 2. The van der Waals surface area contributed by atoms with E-state index in [0.717, 1.165) is 35.9 Å². The van der Waals surface area contributed by atoms with Crippen molar-refractivity contribution < 1.29 is 14.0 Å². The number of furan rings is 1. The van der Waals surface area contributed by atoms with Gasteiger partial charge in [-0.3, -0.25) is 19.4 Å². The Balaban J connectivity index is 1.44. The number of nitrogens with two attached hydrogens (primary N) is 1. The molecule has 30 heavy (non-hydrogen) atoms. The number of carbonyl (C=O) groups excluding carboxylic acids is 2. The largest absolute Gasteiger partial charge is 0.459 e. The molecule has 4 rings (SSSR count). The summed E-state index contributed by atoms with van der Waals surface area (Å²) in [6, 6.07) is 10.8. The van der Waals surface area contributed by atoms with Gasteiger partial charge in [0.15, 0.2) is 22.4 Å². The molecule has 10 heteroatoms. The van der Waals surface area contributed by atoms with Gasteiger partial charge >= 0.3 is 0 Å². The van der Waals surface area contributed by atoms with Gasteiger partial charge in [-0.15, -0.1) is 0 Å². The predicted molar refractivity (Wildman–Crippen MR) is 114 cm³/mol. The molecule has 0 unspecified atom stereocenters. The third-order valence-corrected chi connectivity index (χ3v) is 5.51. The number of hydrogen-bond acceptors (Lipinski definition) is 7. The number of fused-ring (bicyclic) bond motifs is 1. The number of nitrogens with zero attached hydrogens (tertiary/aromatic N) is 2. The van der Waals surface area contributed by atoms with E-state index in [2.05, 4.69) is 15.3 Å². The highest BCUT2D eigenvalue weighted by Gasteiger charge is 2.23. The van der Waals surface area contributed by atoms with Crippen molar-refractivity contribution in [1.29, 1.82) is 0 Å². The molecule has 1 aliphatic heterocycles. The van der Waals surface area contributed by atoms with Crippen LogP contribution in [-0.2, 0) is 11.2 Å². The summed E-state index contributed by atoms with van der Waals surface area (Å²) in [4.78, 5) is 45.5. The fourth-order valence-corrected chi connectivity index (χ4v) is 3.99. The van der Waals surface area contributed by atoms with Gasteiger partial charge in [0.25, 0.3) is 11.5 Å². The van der Waals surface area contributed by atoms with Gasteiger partial charge in [0, 0.05) is 12.2 Å². The van der Waals surface area contributed by atoms with Crippen LogP contribution in [0.3, 0.4) is 0 Å². The number of rotatable bonds is 5. The second kappa shape index (κ2) is 8.46. The predicted octanol–water partition coefficient (Wildman–Crippen LogP) is 2.27. The van der Waals surface area contributed by atoms with Crippen LogP contribution in [0, 0.1) is 0 Å². The van der Waals surface area contributed by atoms with E-state index in [1.165, 1.54) is 12.3 Å². The maximum atomic E-state index is 12.7. The molecule has 9 nitrogen and oxygen atoms in total. The molecular weight excluding hydrogens is 406 g/mol. The van der Waals surface area contributed by atoms with E-state index in [9.17, 15) is 14.4 Å². The van der Waals surface area contributed by atoms with Crippen molar-refractivity contribution in [3.8, 4) is 0 Å². The minimum absolute atomic E-state index is 0.0414. The Morgan fingerprint density at radius 2 is 2.10 bits per heavy atom. The van der Waals surface area contributed by atoms with Crippen LogP contribution < -0.4 is 21.5 Å². The Labute approximate surface area is 175 Å². The summed E-state index contributed by atoms with van der Waals surface area (Å²) in [5.41, 5.74) is 7.14. The molecule has 2 aromatic heterocycles. The quantitative estimate of drug-likeness (QED) is 0.422. The highest BCUT2D eigenvalue weighted by Crippen LogP contribution is 2.28. The molecule has 0 saturated heterocycles. The smallest absolute Gasteiger partial charge is 0.291 e. The van der Waals surface area contributed by atoms with Gasteiger partial charge in [-0.1, -0.05) is 30.0 Å². The van der Waals surface area contributed by atoms with Crippen molar-refractivity contribution in [3.63, 3.8) is 0 Å². The number of amides is 2. The number of aromatic amines is 1. The lowest BCUT2D eigenvalue weighted by Crippen LogP contribution is -2.36. The minimum Gasteiger partial charge on any atom is -0.459 e. The number of benzene rings is 1. The van der Waals surface area contributed by atoms with Crippen molar-refractivity contribution in [2.45, 2.75) is 18.0 Å². The Bertz CT molecular complexity index is 1140. The van der Waals surface area contributed by atoms with Crippen LogP contribution in [-0.4, -0.2) is 34.1 Å². The summed E-state index contributed by atoms with van der Waals surface area (Å²) < 4.78 is 4.99. The molecule has 0 fully saturated rings. The molecule has 0 spiro atoms. The van der Waals surface area contributed by atoms with E-state index in [-0.39, 0.29) is 34.1 Å². The second-order valence-corrected chi connectivity index (χ2v) is 7.59. The first-order valence-corrected chi connectivity index (χ1v) is 10.3. The molecule has 0 bridgehead atoms. The lowest BCUT2D eigenvalue weighted by molar-refractivity contribution is -0.116. The van der Waals surface area contributed by atoms with E-state index in [1.54, 1.807) is 11.0 Å². The second-order valence-electron chi connectivity index (χ2n) is 6.63. The topological polar surface area (TPSA) is 134 Å². The van der Waals surface area contributed by atoms with Crippen LogP contribution in [0.2, 0.25) is 0 Å². The Hall–Kier alpha value is -3.53. The van der Waals surface area contributed by atoms with Crippen LogP contribution in [0.4, 0.5) is 17.2 Å². The number of carbonyl (C=O) groups is 2. The highest BCUT2D eigenvalue weighted by molar-refractivity contribution is 7.99. The Morgan fingerprint density at radius 3 is 2.87 bits per heavy atom. The third-order valence-electron chi connectivity index (χ3n) is 4.65. The summed E-state index contributed by atoms with van der Waals surface area (Å²) in [7, 11) is 0. The van der Waals surface area contributed by atoms with Crippen LogP contribution >= 0.6 is 11.8 Å². The molecule has 3 aromatic rings. The van der Waals surface area contributed by atoms with Gasteiger partial charge in [0.2, 0.25) is 5.91 Å². The fourth-order valence-electron chi connectivity index (χ4n) is 3.24. The molecule has 2 amide bonds.